The Kier molecular flexibility index (Phi) is 1.85. The van der Waals surface area contributed by atoms with Crippen molar-refractivity contribution in [1.82, 2.24) is 0 Å². The van der Waals surface area contributed by atoms with Crippen LogP contribution in [0, 0.1) is 0 Å². The molecule has 0 amide bonds. The highest BCUT2D eigenvalue weighted by molar-refractivity contribution is 9.15. The first-order chi connectivity index (χ1) is 3.84. The van der Waals surface area contributed by atoms with Crippen LogP contribution in [0.1, 0.15) is 0 Å². The predicted molar refractivity (Wildman–Crippen MR) is 41.2 cm³/mol. The van der Waals surface area contributed by atoms with Gasteiger partial charge < -0.3 is 0 Å². The molecule has 0 radical (unpaired) electrons. The molecule has 0 fully saturated rings. The molecule has 0 saturated carbocycles. The molecule has 2 nitrogen and oxygen atoms in total. The summed E-state index contributed by atoms with van der Waals surface area (Å²) in [7, 11) is -0.699. The van der Waals surface area contributed by atoms with Gasteiger partial charge in [-0.05, 0) is 15.9 Å². The number of rotatable bonds is 1. The normalized spacial score (nSPS) is 30.1. The fourth-order valence-electron chi connectivity index (χ4n) is 0.366. The Morgan fingerprint density at radius 3 is 2.88 bits per heavy atom. The van der Waals surface area contributed by atoms with Crippen molar-refractivity contribution in [1.29, 1.82) is 0 Å². The summed E-state index contributed by atoms with van der Waals surface area (Å²) in [5.41, 5.74) is 2.57. The first-order valence-corrected chi connectivity index (χ1v) is 4.24. The molecule has 1 atom stereocenters. The lowest BCUT2D eigenvalue weighted by Gasteiger charge is -1.97. The van der Waals surface area contributed by atoms with Gasteiger partial charge in [-0.1, -0.05) is 0 Å². The number of hydrogen-bond donors (Lipinski definition) is 1. The van der Waals surface area contributed by atoms with Crippen LogP contribution < -0.4 is 0 Å². The first-order valence-electron chi connectivity index (χ1n) is 1.97. The Balaban J connectivity index is 2.71. The summed E-state index contributed by atoms with van der Waals surface area (Å²) in [6.07, 6.45) is 1.65. The summed E-state index contributed by atoms with van der Waals surface area (Å²) >= 11 is 3.20. The fourth-order valence-corrected chi connectivity index (χ4v) is 1.69. The van der Waals surface area contributed by atoms with Crippen LogP contribution in [0.15, 0.2) is 15.0 Å². The maximum absolute atomic E-state index is 10.1. The van der Waals surface area contributed by atoms with E-state index >= 15 is 0 Å². The number of thiol groups is 1. The number of halogens is 1. The Morgan fingerprint density at radius 2 is 2.62 bits per heavy atom. The molecule has 1 heterocycles. The Bertz CT molecular complexity index is 165. The monoisotopic (exact) mass is 193 g/mol. The van der Waals surface area contributed by atoms with Crippen LogP contribution in [0.4, 0.5) is 0 Å². The molecule has 0 spiro atoms. The van der Waals surface area contributed by atoms with Gasteiger partial charge >= 0.3 is 0 Å². The molecular weight excluding hydrogens is 190 g/mol. The van der Waals surface area contributed by atoms with Crippen molar-refractivity contribution >= 4 is 38.0 Å². The molecule has 0 bridgehead atoms. The molecule has 1 rings (SSSR count). The van der Waals surface area contributed by atoms with Crippen LogP contribution in [0.5, 0.6) is 0 Å². The highest BCUT2D eigenvalue weighted by atomic mass is 79.9. The summed E-state index contributed by atoms with van der Waals surface area (Å²) in [6.45, 7) is 0. The first kappa shape index (κ1) is 6.04. The third kappa shape index (κ3) is 1.00. The number of aliphatic imine (C=N–C) groups is 1. The third-order valence-electron chi connectivity index (χ3n) is 0.732. The number of carbonyl (C=O) groups is 1. The highest BCUT2D eigenvalue weighted by Crippen LogP contribution is 2.37. The lowest BCUT2D eigenvalue weighted by atomic mass is 11.1. The van der Waals surface area contributed by atoms with Gasteiger partial charge in [0.05, 0.1) is 9.36 Å². The molecule has 4 heteroatoms. The van der Waals surface area contributed by atoms with Gasteiger partial charge in [-0.2, -0.15) is 0 Å². The minimum absolute atomic E-state index is 0.699. The lowest BCUT2D eigenvalue weighted by molar-refractivity contribution is 0.570. The lowest BCUT2D eigenvalue weighted by Crippen LogP contribution is -1.74. The molecule has 0 saturated heterocycles. The molecule has 1 unspecified atom stereocenters. The van der Waals surface area contributed by atoms with Crippen LogP contribution in [0.25, 0.3) is 0 Å². The maximum Gasteiger partial charge on any atom is 0.165 e. The zero-order valence-electron chi connectivity index (χ0n) is 3.91. The van der Waals surface area contributed by atoms with Gasteiger partial charge in [0.25, 0.3) is 0 Å². The molecule has 0 aromatic carbocycles. The van der Waals surface area contributed by atoms with Crippen molar-refractivity contribution in [3.63, 3.8) is 0 Å². The van der Waals surface area contributed by atoms with Crippen LogP contribution in [0.2, 0.25) is 0 Å². The largest absolute Gasteiger partial charge is 0.292 e. The molecule has 8 heavy (non-hydrogen) atoms. The minimum atomic E-state index is -0.699. The van der Waals surface area contributed by atoms with E-state index in [1.165, 1.54) is 0 Å². The zero-order chi connectivity index (χ0) is 5.98. The van der Waals surface area contributed by atoms with E-state index in [2.05, 4.69) is 20.9 Å². The van der Waals surface area contributed by atoms with E-state index in [1.54, 1.807) is 11.7 Å². The van der Waals surface area contributed by atoms with Gasteiger partial charge in [-0.25, -0.2) is 0 Å². The Labute approximate surface area is 58.2 Å². The number of carbonyl (C=O) groups excluding carboxylic acids is 1. The average Bonchev–Trinajstić information content (AvgIpc) is 2.14. The summed E-state index contributed by atoms with van der Waals surface area (Å²) in [5.74, 6) is 0. The second-order valence-electron chi connectivity index (χ2n) is 1.23. The zero-order valence-corrected chi connectivity index (χ0v) is 6.39. The predicted octanol–water partition coefficient (Wildman–Crippen LogP) is 1.41. The fraction of sp³-hybridized carbons (Fsp3) is 0. The van der Waals surface area contributed by atoms with Crippen LogP contribution >= 0.6 is 26.8 Å². The Morgan fingerprint density at radius 1 is 1.88 bits per heavy atom. The SMILES string of the molecule is O=C[SH]1C=NC=C1Br. The summed E-state index contributed by atoms with van der Waals surface area (Å²) < 4.78 is 0.905. The van der Waals surface area contributed by atoms with E-state index in [0.29, 0.717) is 0 Å². The average molecular weight is 194 g/mol. The van der Waals surface area contributed by atoms with Gasteiger partial charge in [-0.15, -0.1) is 10.9 Å². The topological polar surface area (TPSA) is 29.4 Å². The standard InChI is InChI=1S/C4H4BrNOS/c5-4-1-6-2-8(4)3-7/h1-3,8H. The quantitative estimate of drug-likeness (QED) is 0.496. The van der Waals surface area contributed by atoms with Crippen molar-refractivity contribution in [2.24, 2.45) is 4.99 Å². The second kappa shape index (κ2) is 2.46. The van der Waals surface area contributed by atoms with Gasteiger partial charge in [0.2, 0.25) is 0 Å². The van der Waals surface area contributed by atoms with Gasteiger partial charge in [0, 0.05) is 6.20 Å². The van der Waals surface area contributed by atoms with E-state index < -0.39 is 10.9 Å². The van der Waals surface area contributed by atoms with E-state index in [0.717, 1.165) is 9.43 Å². The van der Waals surface area contributed by atoms with Crippen LogP contribution in [-0.2, 0) is 4.79 Å². The summed E-state index contributed by atoms with van der Waals surface area (Å²) in [5, 5.41) is 0. The summed E-state index contributed by atoms with van der Waals surface area (Å²) in [6, 6.07) is 0. The van der Waals surface area contributed by atoms with Crippen molar-refractivity contribution in [3.8, 4) is 0 Å². The number of nitrogens with zero attached hydrogens (tertiary/aromatic N) is 1. The minimum Gasteiger partial charge on any atom is -0.292 e. The molecule has 1 aliphatic heterocycles. The van der Waals surface area contributed by atoms with Crippen molar-refractivity contribution < 1.29 is 4.79 Å². The van der Waals surface area contributed by atoms with E-state index in [9.17, 15) is 4.79 Å². The van der Waals surface area contributed by atoms with Gasteiger partial charge in [0.15, 0.2) is 5.62 Å². The van der Waals surface area contributed by atoms with Crippen LogP contribution in [0.3, 0.4) is 0 Å². The molecule has 0 N–H and O–H groups in total. The molecule has 44 valence electrons. The van der Waals surface area contributed by atoms with E-state index in [4.69, 9.17) is 0 Å². The third-order valence-corrected chi connectivity index (χ3v) is 3.38. The van der Waals surface area contributed by atoms with Crippen molar-refractivity contribution in [2.75, 3.05) is 0 Å². The van der Waals surface area contributed by atoms with Gasteiger partial charge in [-0.3, -0.25) is 9.79 Å². The molecule has 1 aliphatic rings. The van der Waals surface area contributed by atoms with Gasteiger partial charge in [0.1, 0.15) is 0 Å². The van der Waals surface area contributed by atoms with Crippen molar-refractivity contribution in [2.45, 2.75) is 0 Å². The van der Waals surface area contributed by atoms with E-state index in [-0.39, 0.29) is 0 Å². The highest BCUT2D eigenvalue weighted by Gasteiger charge is 2.05. The molecule has 0 aromatic rings. The smallest absolute Gasteiger partial charge is 0.165 e. The Hall–Kier alpha value is -0.0900. The van der Waals surface area contributed by atoms with Crippen molar-refractivity contribution in [3.05, 3.63) is 10.0 Å². The van der Waals surface area contributed by atoms with Crippen LogP contribution in [-0.4, -0.2) is 11.2 Å². The second-order valence-corrected chi connectivity index (χ2v) is 4.43. The maximum atomic E-state index is 10.1. The molecular formula is C4H4BrNOS. The summed E-state index contributed by atoms with van der Waals surface area (Å²) in [4.78, 5) is 13.9. The van der Waals surface area contributed by atoms with E-state index in [1.807, 2.05) is 0 Å². The number of hydrogen-bond acceptors (Lipinski definition) is 2. The molecule has 0 aliphatic carbocycles. The molecule has 0 aromatic heterocycles.